The molecule has 19 heavy (non-hydrogen) atoms. The molecule has 102 valence electrons. The summed E-state index contributed by atoms with van der Waals surface area (Å²) in [5, 5.41) is 5.57. The SMILES string of the molecule is Nc1cccc(CC(=O)NCCNC(=O)C2CC2)c1. The lowest BCUT2D eigenvalue weighted by molar-refractivity contribution is -0.123. The predicted octanol–water partition coefficient (Wildman–Crippen LogP) is 0.454. The quantitative estimate of drug-likeness (QED) is 0.513. The number of carbonyl (C=O) groups excluding carboxylic acids is 2. The average molecular weight is 261 g/mol. The van der Waals surface area contributed by atoms with Crippen molar-refractivity contribution in [1.29, 1.82) is 0 Å². The Labute approximate surface area is 112 Å². The third kappa shape index (κ3) is 4.62. The summed E-state index contributed by atoms with van der Waals surface area (Å²) in [6.45, 7) is 0.942. The van der Waals surface area contributed by atoms with Gasteiger partial charge in [0, 0.05) is 24.7 Å². The normalized spacial score (nSPS) is 13.9. The Morgan fingerprint density at radius 2 is 1.95 bits per heavy atom. The second kappa shape index (κ2) is 6.22. The van der Waals surface area contributed by atoms with Gasteiger partial charge in [0.15, 0.2) is 0 Å². The number of carbonyl (C=O) groups is 2. The van der Waals surface area contributed by atoms with Gasteiger partial charge < -0.3 is 16.4 Å². The molecule has 0 saturated heterocycles. The molecule has 0 bridgehead atoms. The third-order valence-corrected chi connectivity index (χ3v) is 3.01. The minimum Gasteiger partial charge on any atom is -0.399 e. The van der Waals surface area contributed by atoms with Crippen molar-refractivity contribution in [2.24, 2.45) is 5.92 Å². The van der Waals surface area contributed by atoms with E-state index in [-0.39, 0.29) is 17.7 Å². The van der Waals surface area contributed by atoms with Crippen LogP contribution in [0, 0.1) is 5.92 Å². The van der Waals surface area contributed by atoms with E-state index >= 15 is 0 Å². The van der Waals surface area contributed by atoms with Crippen molar-refractivity contribution in [3.8, 4) is 0 Å². The number of anilines is 1. The molecule has 0 atom stereocenters. The van der Waals surface area contributed by atoms with Gasteiger partial charge in [0.2, 0.25) is 11.8 Å². The smallest absolute Gasteiger partial charge is 0.224 e. The summed E-state index contributed by atoms with van der Waals surface area (Å²) in [6.07, 6.45) is 2.29. The van der Waals surface area contributed by atoms with Crippen LogP contribution in [0.25, 0.3) is 0 Å². The topological polar surface area (TPSA) is 84.2 Å². The Kier molecular flexibility index (Phi) is 4.39. The molecule has 1 aliphatic carbocycles. The van der Waals surface area contributed by atoms with Crippen molar-refractivity contribution in [1.82, 2.24) is 10.6 Å². The largest absolute Gasteiger partial charge is 0.399 e. The molecule has 2 amide bonds. The molecule has 1 saturated carbocycles. The summed E-state index contributed by atoms with van der Waals surface area (Å²) in [5.41, 5.74) is 7.19. The maximum atomic E-state index is 11.7. The Morgan fingerprint density at radius 1 is 1.21 bits per heavy atom. The summed E-state index contributed by atoms with van der Waals surface area (Å²) < 4.78 is 0. The Bertz CT molecular complexity index is 470. The molecule has 0 aliphatic heterocycles. The number of nitrogen functional groups attached to an aromatic ring is 1. The summed E-state index contributed by atoms with van der Waals surface area (Å²) >= 11 is 0. The first-order valence-corrected chi connectivity index (χ1v) is 6.54. The number of amides is 2. The van der Waals surface area contributed by atoms with Crippen LogP contribution >= 0.6 is 0 Å². The number of nitrogens with one attached hydrogen (secondary N) is 2. The first kappa shape index (κ1) is 13.4. The van der Waals surface area contributed by atoms with E-state index in [0.29, 0.717) is 25.2 Å². The van der Waals surface area contributed by atoms with Crippen molar-refractivity contribution in [2.75, 3.05) is 18.8 Å². The van der Waals surface area contributed by atoms with Gasteiger partial charge in [0.05, 0.1) is 6.42 Å². The van der Waals surface area contributed by atoms with Gasteiger partial charge in [-0.3, -0.25) is 9.59 Å². The van der Waals surface area contributed by atoms with Crippen molar-refractivity contribution < 1.29 is 9.59 Å². The van der Waals surface area contributed by atoms with Crippen LogP contribution in [-0.4, -0.2) is 24.9 Å². The van der Waals surface area contributed by atoms with E-state index in [1.54, 1.807) is 12.1 Å². The zero-order valence-electron chi connectivity index (χ0n) is 10.8. The fourth-order valence-corrected chi connectivity index (χ4v) is 1.83. The number of nitrogens with two attached hydrogens (primary N) is 1. The van der Waals surface area contributed by atoms with Crippen LogP contribution in [0.3, 0.4) is 0 Å². The van der Waals surface area contributed by atoms with Gasteiger partial charge in [-0.25, -0.2) is 0 Å². The van der Waals surface area contributed by atoms with Crippen LogP contribution in [0.4, 0.5) is 5.69 Å². The molecule has 4 N–H and O–H groups in total. The predicted molar refractivity (Wildman–Crippen MR) is 73.3 cm³/mol. The van der Waals surface area contributed by atoms with Crippen LogP contribution in [0.2, 0.25) is 0 Å². The summed E-state index contributed by atoms with van der Waals surface area (Å²) in [7, 11) is 0. The van der Waals surface area contributed by atoms with E-state index in [9.17, 15) is 9.59 Å². The average Bonchev–Trinajstić information content (AvgIpc) is 3.18. The molecule has 1 aromatic carbocycles. The summed E-state index contributed by atoms with van der Waals surface area (Å²) in [4.78, 5) is 23.0. The highest BCUT2D eigenvalue weighted by Crippen LogP contribution is 2.28. The molecule has 1 fully saturated rings. The van der Waals surface area contributed by atoms with E-state index in [0.717, 1.165) is 18.4 Å². The first-order chi connectivity index (χ1) is 9.15. The molecule has 0 radical (unpaired) electrons. The maximum absolute atomic E-state index is 11.7. The summed E-state index contributed by atoms with van der Waals surface area (Å²) in [6, 6.07) is 7.27. The summed E-state index contributed by atoms with van der Waals surface area (Å²) in [5.74, 6) is 0.249. The Hall–Kier alpha value is -2.04. The lowest BCUT2D eigenvalue weighted by Crippen LogP contribution is -2.35. The Balaban J connectivity index is 1.62. The Morgan fingerprint density at radius 3 is 2.63 bits per heavy atom. The number of hydrogen-bond donors (Lipinski definition) is 3. The van der Waals surface area contributed by atoms with E-state index in [1.807, 2.05) is 12.1 Å². The standard InChI is InChI=1S/C14H19N3O2/c15-12-3-1-2-10(8-12)9-13(18)16-6-7-17-14(19)11-4-5-11/h1-3,8,11H,4-7,9,15H2,(H,16,18)(H,17,19). The first-order valence-electron chi connectivity index (χ1n) is 6.54. The van der Waals surface area contributed by atoms with Crippen molar-refractivity contribution in [3.05, 3.63) is 29.8 Å². The molecular weight excluding hydrogens is 242 g/mol. The van der Waals surface area contributed by atoms with Crippen LogP contribution in [0.5, 0.6) is 0 Å². The van der Waals surface area contributed by atoms with Crippen molar-refractivity contribution in [2.45, 2.75) is 19.3 Å². The molecular formula is C14H19N3O2. The molecule has 0 aromatic heterocycles. The second-order valence-corrected chi connectivity index (χ2v) is 4.84. The molecule has 1 aromatic rings. The lowest BCUT2D eigenvalue weighted by atomic mass is 10.1. The molecule has 5 nitrogen and oxygen atoms in total. The fourth-order valence-electron chi connectivity index (χ4n) is 1.83. The van der Waals surface area contributed by atoms with E-state index in [1.165, 1.54) is 0 Å². The van der Waals surface area contributed by atoms with Crippen LogP contribution in [0.15, 0.2) is 24.3 Å². The van der Waals surface area contributed by atoms with Crippen LogP contribution in [-0.2, 0) is 16.0 Å². The second-order valence-electron chi connectivity index (χ2n) is 4.84. The highest BCUT2D eigenvalue weighted by atomic mass is 16.2. The van der Waals surface area contributed by atoms with Gasteiger partial charge in [-0.1, -0.05) is 12.1 Å². The third-order valence-electron chi connectivity index (χ3n) is 3.01. The van der Waals surface area contributed by atoms with Gasteiger partial charge in [0.1, 0.15) is 0 Å². The minimum atomic E-state index is -0.0636. The molecule has 0 spiro atoms. The number of rotatable bonds is 6. The van der Waals surface area contributed by atoms with Gasteiger partial charge in [0.25, 0.3) is 0 Å². The zero-order valence-corrected chi connectivity index (χ0v) is 10.8. The number of hydrogen-bond acceptors (Lipinski definition) is 3. The zero-order chi connectivity index (χ0) is 13.7. The van der Waals surface area contributed by atoms with E-state index in [2.05, 4.69) is 10.6 Å². The number of benzene rings is 1. The molecule has 5 heteroatoms. The van der Waals surface area contributed by atoms with Crippen LogP contribution < -0.4 is 16.4 Å². The van der Waals surface area contributed by atoms with E-state index < -0.39 is 0 Å². The van der Waals surface area contributed by atoms with Crippen molar-refractivity contribution in [3.63, 3.8) is 0 Å². The van der Waals surface area contributed by atoms with Gasteiger partial charge in [-0.2, -0.15) is 0 Å². The lowest BCUT2D eigenvalue weighted by Gasteiger charge is -2.07. The highest BCUT2D eigenvalue weighted by molar-refractivity contribution is 5.81. The maximum Gasteiger partial charge on any atom is 0.224 e. The van der Waals surface area contributed by atoms with E-state index in [4.69, 9.17) is 5.73 Å². The van der Waals surface area contributed by atoms with Crippen molar-refractivity contribution >= 4 is 17.5 Å². The fraction of sp³-hybridized carbons (Fsp3) is 0.429. The van der Waals surface area contributed by atoms with Gasteiger partial charge >= 0.3 is 0 Å². The molecule has 0 unspecified atom stereocenters. The minimum absolute atomic E-state index is 0.0636. The molecule has 2 rings (SSSR count). The monoisotopic (exact) mass is 261 g/mol. The van der Waals surface area contributed by atoms with Crippen LogP contribution in [0.1, 0.15) is 18.4 Å². The molecule has 0 heterocycles. The molecule has 1 aliphatic rings. The van der Waals surface area contributed by atoms with Gasteiger partial charge in [-0.15, -0.1) is 0 Å². The van der Waals surface area contributed by atoms with Gasteiger partial charge in [-0.05, 0) is 30.5 Å². The highest BCUT2D eigenvalue weighted by Gasteiger charge is 2.28.